The molecule has 0 aliphatic carbocycles. The van der Waals surface area contributed by atoms with Crippen LogP contribution >= 0.6 is 0 Å². The Labute approximate surface area is 47.5 Å². The van der Waals surface area contributed by atoms with Crippen LogP contribution in [-0.2, 0) is 4.79 Å². The summed E-state index contributed by atoms with van der Waals surface area (Å²) < 4.78 is 0. The molecular weight excluding hydrogens is 106 g/mol. The molecule has 0 aliphatic heterocycles. The van der Waals surface area contributed by atoms with E-state index in [1.807, 2.05) is 0 Å². The maximum Gasteiger partial charge on any atom is 0.321 e. The lowest BCUT2D eigenvalue weighted by Crippen LogP contribution is -2.29. The highest BCUT2D eigenvalue weighted by atomic mass is 16.4. The zero-order valence-electron chi connectivity index (χ0n) is 4.29. The normalized spacial score (nSPS) is 12.0. The largest absolute Gasteiger partial charge is 0.480 e. The van der Waals surface area contributed by atoms with Crippen LogP contribution in [0.1, 0.15) is 6.42 Å². The van der Waals surface area contributed by atoms with Gasteiger partial charge in [-0.2, -0.15) is 0 Å². The van der Waals surface area contributed by atoms with Gasteiger partial charge in [0.2, 0.25) is 0 Å². The van der Waals surface area contributed by atoms with E-state index in [1.54, 1.807) is 0 Å². The van der Waals surface area contributed by atoms with Crippen molar-refractivity contribution in [1.29, 1.82) is 0 Å². The summed E-state index contributed by atoms with van der Waals surface area (Å²) in [6.45, 7) is 0. The summed E-state index contributed by atoms with van der Waals surface area (Å²) in [6.07, 6.45) is 4.87. The number of aliphatic carboxylic acids is 1. The Morgan fingerprint density at radius 1 is 2.00 bits per heavy atom. The van der Waals surface area contributed by atoms with Crippen LogP contribution in [-0.4, -0.2) is 17.1 Å². The first kappa shape index (κ1) is 6.99. The molecule has 0 radical (unpaired) electrons. The Hall–Kier alpha value is -1.01. The van der Waals surface area contributed by atoms with E-state index in [9.17, 15) is 4.79 Å². The Morgan fingerprint density at radius 3 is 2.62 bits per heavy atom. The van der Waals surface area contributed by atoms with E-state index < -0.39 is 12.0 Å². The zero-order valence-corrected chi connectivity index (χ0v) is 4.29. The molecule has 0 aromatic heterocycles. The number of rotatable bonds is 2. The second kappa shape index (κ2) is 3.05. The van der Waals surface area contributed by atoms with Gasteiger partial charge in [-0.05, 0) is 0 Å². The fourth-order valence-corrected chi connectivity index (χ4v) is 0.214. The standard InChI is InChI=1S/C5H7NO2/c1-2-3-4(6)5(7)8/h1,4H,3,6H2,(H,7,8)/t4-/m1/s1. The molecule has 0 rings (SSSR count). The summed E-state index contributed by atoms with van der Waals surface area (Å²) in [5.74, 6) is 1.09. The van der Waals surface area contributed by atoms with Crippen LogP contribution in [0, 0.1) is 12.3 Å². The second-order valence-electron chi connectivity index (χ2n) is 1.35. The van der Waals surface area contributed by atoms with Gasteiger partial charge >= 0.3 is 5.97 Å². The predicted octanol–water partition coefficient (Wildman–Crippen LogP) is -0.578. The van der Waals surface area contributed by atoms with Crippen LogP contribution in [0.2, 0.25) is 0 Å². The minimum Gasteiger partial charge on any atom is -0.480 e. The van der Waals surface area contributed by atoms with Crippen molar-refractivity contribution in [3.05, 3.63) is 0 Å². The second-order valence-corrected chi connectivity index (χ2v) is 1.35. The van der Waals surface area contributed by atoms with Crippen LogP contribution in [0.25, 0.3) is 0 Å². The van der Waals surface area contributed by atoms with Crippen molar-refractivity contribution in [1.82, 2.24) is 0 Å². The minimum atomic E-state index is -1.05. The van der Waals surface area contributed by atoms with E-state index in [0.29, 0.717) is 0 Å². The highest BCUT2D eigenvalue weighted by molar-refractivity contribution is 5.73. The lowest BCUT2D eigenvalue weighted by Gasteiger charge is -1.96. The molecule has 0 saturated heterocycles. The molecule has 0 heterocycles. The van der Waals surface area contributed by atoms with Gasteiger partial charge in [-0.3, -0.25) is 4.79 Å². The van der Waals surface area contributed by atoms with E-state index in [2.05, 4.69) is 5.92 Å². The smallest absolute Gasteiger partial charge is 0.321 e. The maximum atomic E-state index is 9.87. The Morgan fingerprint density at radius 2 is 2.50 bits per heavy atom. The number of terminal acetylenes is 1. The molecule has 0 aromatic carbocycles. The van der Waals surface area contributed by atoms with Gasteiger partial charge < -0.3 is 10.8 Å². The van der Waals surface area contributed by atoms with Gasteiger partial charge in [-0.15, -0.1) is 12.3 Å². The average Bonchev–Trinajstić information content (AvgIpc) is 1.67. The van der Waals surface area contributed by atoms with Crippen molar-refractivity contribution in [3.63, 3.8) is 0 Å². The Bertz CT molecular complexity index is 125. The van der Waals surface area contributed by atoms with Crippen molar-refractivity contribution in [3.8, 4) is 12.3 Å². The van der Waals surface area contributed by atoms with Crippen LogP contribution < -0.4 is 5.73 Å². The van der Waals surface area contributed by atoms with Crippen molar-refractivity contribution >= 4 is 5.97 Å². The van der Waals surface area contributed by atoms with Gasteiger partial charge in [0.05, 0.1) is 0 Å². The van der Waals surface area contributed by atoms with Crippen LogP contribution in [0.3, 0.4) is 0 Å². The molecular formula is C5H7NO2. The molecule has 1 atom stereocenters. The third kappa shape index (κ3) is 2.21. The Kier molecular flexibility index (Phi) is 2.67. The molecule has 3 nitrogen and oxygen atoms in total. The van der Waals surface area contributed by atoms with Crippen LogP contribution in [0.15, 0.2) is 0 Å². The minimum absolute atomic E-state index is 0.0926. The van der Waals surface area contributed by atoms with Crippen LogP contribution in [0.4, 0.5) is 0 Å². The van der Waals surface area contributed by atoms with Crippen molar-refractivity contribution in [2.75, 3.05) is 0 Å². The highest BCUT2D eigenvalue weighted by Crippen LogP contribution is 1.82. The lowest BCUT2D eigenvalue weighted by atomic mass is 10.2. The molecule has 8 heavy (non-hydrogen) atoms. The van der Waals surface area contributed by atoms with Gasteiger partial charge in [-0.25, -0.2) is 0 Å². The number of nitrogens with two attached hydrogens (primary N) is 1. The van der Waals surface area contributed by atoms with Gasteiger partial charge in [0, 0.05) is 6.42 Å². The topological polar surface area (TPSA) is 63.3 Å². The maximum absolute atomic E-state index is 9.87. The molecule has 0 spiro atoms. The SMILES string of the molecule is C#CC[C@@H](N)C(=O)O. The van der Waals surface area contributed by atoms with Crippen molar-refractivity contribution < 1.29 is 9.90 Å². The molecule has 0 amide bonds. The zero-order chi connectivity index (χ0) is 6.57. The van der Waals surface area contributed by atoms with E-state index in [1.165, 1.54) is 0 Å². The van der Waals surface area contributed by atoms with Crippen LogP contribution in [0.5, 0.6) is 0 Å². The molecule has 0 saturated carbocycles. The summed E-state index contributed by atoms with van der Waals surface area (Å²) in [6, 6.07) is -0.903. The predicted molar refractivity (Wildman–Crippen MR) is 29.1 cm³/mol. The van der Waals surface area contributed by atoms with Crippen molar-refractivity contribution in [2.45, 2.75) is 12.5 Å². The number of carboxylic acids is 1. The summed E-state index contributed by atoms with van der Waals surface area (Å²) in [7, 11) is 0. The van der Waals surface area contributed by atoms with E-state index in [-0.39, 0.29) is 6.42 Å². The monoisotopic (exact) mass is 113 g/mol. The molecule has 3 N–H and O–H groups in total. The number of carbonyl (C=O) groups is 1. The number of hydrogen-bond donors (Lipinski definition) is 2. The highest BCUT2D eigenvalue weighted by Gasteiger charge is 2.07. The van der Waals surface area contributed by atoms with E-state index >= 15 is 0 Å². The summed E-state index contributed by atoms with van der Waals surface area (Å²) in [5.41, 5.74) is 4.98. The number of carboxylic acid groups (broad SMARTS) is 1. The molecule has 0 bridgehead atoms. The molecule has 44 valence electrons. The third-order valence-corrected chi connectivity index (χ3v) is 0.655. The first-order valence-corrected chi connectivity index (χ1v) is 2.10. The first-order valence-electron chi connectivity index (χ1n) is 2.10. The van der Waals surface area contributed by atoms with E-state index in [4.69, 9.17) is 17.3 Å². The lowest BCUT2D eigenvalue weighted by molar-refractivity contribution is -0.138. The summed E-state index contributed by atoms with van der Waals surface area (Å²) >= 11 is 0. The molecule has 0 unspecified atom stereocenters. The molecule has 3 heteroatoms. The molecule has 0 aliphatic rings. The van der Waals surface area contributed by atoms with Gasteiger partial charge in [0.1, 0.15) is 6.04 Å². The fraction of sp³-hybridized carbons (Fsp3) is 0.400. The molecule has 0 aromatic rings. The quantitative estimate of drug-likeness (QED) is 0.471. The third-order valence-electron chi connectivity index (χ3n) is 0.655. The first-order chi connectivity index (χ1) is 3.68. The summed E-state index contributed by atoms with van der Waals surface area (Å²) in [4.78, 5) is 9.87. The van der Waals surface area contributed by atoms with Gasteiger partial charge in [0.15, 0.2) is 0 Å². The van der Waals surface area contributed by atoms with Gasteiger partial charge in [0.25, 0.3) is 0 Å². The molecule has 0 fully saturated rings. The Balaban J connectivity index is 3.52. The fourth-order valence-electron chi connectivity index (χ4n) is 0.214. The number of hydrogen-bond acceptors (Lipinski definition) is 2. The van der Waals surface area contributed by atoms with Crippen molar-refractivity contribution in [2.24, 2.45) is 5.73 Å². The van der Waals surface area contributed by atoms with E-state index in [0.717, 1.165) is 0 Å². The summed E-state index contributed by atoms with van der Waals surface area (Å²) in [5, 5.41) is 8.09. The average molecular weight is 113 g/mol. The van der Waals surface area contributed by atoms with Gasteiger partial charge in [-0.1, -0.05) is 0 Å².